The zero-order valence-corrected chi connectivity index (χ0v) is 14.6. The van der Waals surface area contributed by atoms with Crippen LogP contribution in [0.15, 0.2) is 0 Å². The maximum atomic E-state index is 10.6. The molecule has 2 heteroatoms. The molecule has 4 fully saturated rings. The van der Waals surface area contributed by atoms with E-state index >= 15 is 0 Å². The fourth-order valence-corrected chi connectivity index (χ4v) is 7.92. The lowest BCUT2D eigenvalue weighted by Crippen LogP contribution is -2.57. The highest BCUT2D eigenvalue weighted by Gasteiger charge is 2.62. The van der Waals surface area contributed by atoms with Crippen molar-refractivity contribution >= 4 is 0 Å². The predicted octanol–water partition coefficient (Wildman–Crippen LogP) is 4.00. The smallest absolute Gasteiger partial charge is 0.0596 e. The Kier molecular flexibility index (Phi) is 3.48. The standard InChI is InChI=1S/C20H34O2/c1-12-11-20(3)16(6-7-17(20)22)15-5-4-13-10-14(21)8-9-19(13,2)18(12)15/h12-18,21-22H,4-11H2,1-3H3/t12-,13-,14?,15?,16?,17-,18?,19-,20-/m0/s1. The van der Waals surface area contributed by atoms with Crippen LogP contribution in [0.3, 0.4) is 0 Å². The second-order valence-corrected chi connectivity index (χ2v) is 9.78. The molecule has 126 valence electrons. The van der Waals surface area contributed by atoms with E-state index in [0.29, 0.717) is 5.41 Å². The van der Waals surface area contributed by atoms with Gasteiger partial charge in [0, 0.05) is 0 Å². The van der Waals surface area contributed by atoms with E-state index in [2.05, 4.69) is 20.8 Å². The van der Waals surface area contributed by atoms with Crippen molar-refractivity contribution in [3.8, 4) is 0 Å². The maximum absolute atomic E-state index is 10.6. The lowest BCUT2D eigenvalue weighted by Gasteiger charge is -2.62. The molecule has 0 heterocycles. The van der Waals surface area contributed by atoms with Crippen molar-refractivity contribution in [2.75, 3.05) is 0 Å². The second kappa shape index (κ2) is 4.96. The van der Waals surface area contributed by atoms with Gasteiger partial charge in [-0.1, -0.05) is 20.8 Å². The van der Waals surface area contributed by atoms with E-state index in [9.17, 15) is 10.2 Å². The zero-order chi connectivity index (χ0) is 15.7. The van der Waals surface area contributed by atoms with Gasteiger partial charge in [-0.15, -0.1) is 0 Å². The summed E-state index contributed by atoms with van der Waals surface area (Å²) in [6.45, 7) is 7.38. The van der Waals surface area contributed by atoms with E-state index in [1.807, 2.05) is 0 Å². The van der Waals surface area contributed by atoms with Crippen LogP contribution < -0.4 is 0 Å². The third-order valence-electron chi connectivity index (χ3n) is 8.83. The van der Waals surface area contributed by atoms with Crippen LogP contribution in [0.2, 0.25) is 0 Å². The average molecular weight is 306 g/mol. The molecule has 0 aromatic carbocycles. The molecule has 4 aliphatic carbocycles. The normalized spacial score (nSPS) is 61.2. The summed E-state index contributed by atoms with van der Waals surface area (Å²) < 4.78 is 0. The first-order valence-corrected chi connectivity index (χ1v) is 9.72. The first kappa shape index (κ1) is 15.4. The van der Waals surface area contributed by atoms with Gasteiger partial charge in [-0.25, -0.2) is 0 Å². The minimum Gasteiger partial charge on any atom is -0.393 e. The van der Waals surface area contributed by atoms with Crippen LogP contribution in [0, 0.1) is 40.4 Å². The van der Waals surface area contributed by atoms with Crippen LogP contribution in [-0.4, -0.2) is 22.4 Å². The van der Waals surface area contributed by atoms with Crippen molar-refractivity contribution < 1.29 is 10.2 Å². The molecule has 0 aromatic heterocycles. The molecule has 0 radical (unpaired) electrons. The fourth-order valence-electron chi connectivity index (χ4n) is 7.92. The Labute approximate surface area is 135 Å². The second-order valence-electron chi connectivity index (χ2n) is 9.78. The molecule has 0 aromatic rings. The number of aliphatic hydroxyl groups is 2. The van der Waals surface area contributed by atoms with Gasteiger partial charge < -0.3 is 10.2 Å². The fraction of sp³-hybridized carbons (Fsp3) is 1.00. The first-order valence-electron chi connectivity index (χ1n) is 9.72. The number of fused-ring (bicyclic) bond motifs is 5. The topological polar surface area (TPSA) is 40.5 Å². The summed E-state index contributed by atoms with van der Waals surface area (Å²) in [4.78, 5) is 0. The van der Waals surface area contributed by atoms with Crippen LogP contribution in [0.5, 0.6) is 0 Å². The van der Waals surface area contributed by atoms with E-state index in [-0.39, 0.29) is 17.6 Å². The molecular weight excluding hydrogens is 272 g/mol. The largest absolute Gasteiger partial charge is 0.393 e. The first-order chi connectivity index (χ1) is 10.4. The van der Waals surface area contributed by atoms with Gasteiger partial charge in [0.2, 0.25) is 0 Å². The quantitative estimate of drug-likeness (QED) is 0.710. The van der Waals surface area contributed by atoms with E-state index in [0.717, 1.165) is 48.9 Å². The van der Waals surface area contributed by atoms with Crippen LogP contribution in [0.1, 0.15) is 72.1 Å². The lowest BCUT2D eigenvalue weighted by atomic mass is 9.43. The van der Waals surface area contributed by atoms with E-state index in [4.69, 9.17) is 0 Å². The Morgan fingerprint density at radius 1 is 0.909 bits per heavy atom. The Bertz CT molecular complexity index is 449. The van der Waals surface area contributed by atoms with Gasteiger partial charge in [-0.3, -0.25) is 0 Å². The Morgan fingerprint density at radius 3 is 2.45 bits per heavy atom. The van der Waals surface area contributed by atoms with Crippen LogP contribution in [0.4, 0.5) is 0 Å². The molecule has 9 atom stereocenters. The Balaban J connectivity index is 1.68. The molecule has 2 N–H and O–H groups in total. The minimum atomic E-state index is -0.0698. The molecule has 0 amide bonds. The molecule has 22 heavy (non-hydrogen) atoms. The number of rotatable bonds is 0. The summed E-state index contributed by atoms with van der Waals surface area (Å²) in [5, 5.41) is 20.7. The molecule has 0 aliphatic heterocycles. The van der Waals surface area contributed by atoms with Gasteiger partial charge in [0.1, 0.15) is 0 Å². The SMILES string of the molecule is C[C@H]1C[C@@]2(C)C(CC[C@@H]2O)C2CC[C@H]3CC(O)CC[C@]3(C)C21. The monoisotopic (exact) mass is 306 g/mol. The van der Waals surface area contributed by atoms with Gasteiger partial charge in [-0.05, 0) is 91.8 Å². The number of aliphatic hydroxyl groups excluding tert-OH is 2. The zero-order valence-electron chi connectivity index (χ0n) is 14.6. The van der Waals surface area contributed by atoms with Gasteiger partial charge in [0.15, 0.2) is 0 Å². The van der Waals surface area contributed by atoms with Crippen molar-refractivity contribution in [1.29, 1.82) is 0 Å². The van der Waals surface area contributed by atoms with Gasteiger partial charge >= 0.3 is 0 Å². The number of hydrogen-bond acceptors (Lipinski definition) is 2. The summed E-state index contributed by atoms with van der Waals surface area (Å²) in [5.41, 5.74) is 0.619. The van der Waals surface area contributed by atoms with Gasteiger partial charge in [0.05, 0.1) is 12.2 Å². The highest BCUT2D eigenvalue weighted by molar-refractivity contribution is 5.11. The average Bonchev–Trinajstić information content (AvgIpc) is 2.75. The lowest BCUT2D eigenvalue weighted by molar-refractivity contribution is -0.157. The summed E-state index contributed by atoms with van der Waals surface area (Å²) in [5.74, 6) is 3.84. The van der Waals surface area contributed by atoms with Crippen molar-refractivity contribution in [1.82, 2.24) is 0 Å². The van der Waals surface area contributed by atoms with Crippen LogP contribution >= 0.6 is 0 Å². The Hall–Kier alpha value is -0.0800. The van der Waals surface area contributed by atoms with E-state index < -0.39 is 0 Å². The van der Waals surface area contributed by atoms with Crippen molar-refractivity contribution in [3.63, 3.8) is 0 Å². The summed E-state index contributed by atoms with van der Waals surface area (Å²) in [6.07, 6.45) is 9.28. The highest BCUT2D eigenvalue weighted by Crippen LogP contribution is 2.67. The van der Waals surface area contributed by atoms with Crippen LogP contribution in [0.25, 0.3) is 0 Å². The Morgan fingerprint density at radius 2 is 1.68 bits per heavy atom. The molecule has 2 nitrogen and oxygen atoms in total. The summed E-state index contributed by atoms with van der Waals surface area (Å²) >= 11 is 0. The summed E-state index contributed by atoms with van der Waals surface area (Å²) in [7, 11) is 0. The molecule has 4 aliphatic rings. The molecule has 0 saturated heterocycles. The van der Waals surface area contributed by atoms with Crippen molar-refractivity contribution in [3.05, 3.63) is 0 Å². The third kappa shape index (κ3) is 1.92. The molecular formula is C20H34O2. The molecule has 4 rings (SSSR count). The minimum absolute atomic E-state index is 0.0490. The number of hydrogen-bond donors (Lipinski definition) is 2. The molecule has 0 bridgehead atoms. The van der Waals surface area contributed by atoms with Crippen molar-refractivity contribution in [2.24, 2.45) is 40.4 Å². The molecule has 4 saturated carbocycles. The van der Waals surface area contributed by atoms with Crippen LogP contribution in [-0.2, 0) is 0 Å². The third-order valence-corrected chi connectivity index (χ3v) is 8.83. The molecule has 0 spiro atoms. The molecule has 4 unspecified atom stereocenters. The van der Waals surface area contributed by atoms with E-state index in [1.54, 1.807) is 0 Å². The van der Waals surface area contributed by atoms with Gasteiger partial charge in [-0.2, -0.15) is 0 Å². The van der Waals surface area contributed by atoms with Gasteiger partial charge in [0.25, 0.3) is 0 Å². The predicted molar refractivity (Wildman–Crippen MR) is 88.3 cm³/mol. The van der Waals surface area contributed by atoms with E-state index in [1.165, 1.54) is 32.1 Å². The highest BCUT2D eigenvalue weighted by atomic mass is 16.3. The summed E-state index contributed by atoms with van der Waals surface area (Å²) in [6, 6.07) is 0. The van der Waals surface area contributed by atoms with Crippen molar-refractivity contribution in [2.45, 2.75) is 84.3 Å². The maximum Gasteiger partial charge on any atom is 0.0596 e.